The quantitative estimate of drug-likeness (QED) is 0.876. The normalized spacial score (nSPS) is 18.8. The topological polar surface area (TPSA) is 55.7 Å². The molecule has 20 heavy (non-hydrogen) atoms. The van der Waals surface area contributed by atoms with Crippen LogP contribution < -0.4 is 0 Å². The van der Waals surface area contributed by atoms with Gasteiger partial charge in [-0.1, -0.05) is 6.92 Å². The average molecular weight is 310 g/mol. The molecule has 0 radical (unpaired) electrons. The smallest absolute Gasteiger partial charge is 0.195 e. The van der Waals surface area contributed by atoms with E-state index in [4.69, 9.17) is 17.0 Å². The zero-order valence-electron chi connectivity index (χ0n) is 11.7. The van der Waals surface area contributed by atoms with Crippen LogP contribution in [0.5, 0.6) is 0 Å². The lowest BCUT2D eigenvalue weighted by Crippen LogP contribution is -1.99. The van der Waals surface area contributed by atoms with Crippen molar-refractivity contribution in [3.8, 4) is 10.7 Å². The van der Waals surface area contributed by atoms with Gasteiger partial charge in [0.15, 0.2) is 10.6 Å². The second-order valence-corrected chi connectivity index (χ2v) is 6.39. The minimum absolute atomic E-state index is 0.161. The Labute approximate surface area is 127 Å². The highest BCUT2D eigenvalue weighted by Gasteiger charge is 2.24. The van der Waals surface area contributed by atoms with Crippen LogP contribution in [0.3, 0.4) is 0 Å². The lowest BCUT2D eigenvalue weighted by Gasteiger charge is -2.04. The van der Waals surface area contributed by atoms with E-state index in [2.05, 4.69) is 26.7 Å². The summed E-state index contributed by atoms with van der Waals surface area (Å²) in [7, 11) is 0. The molecule has 1 aliphatic heterocycles. The van der Waals surface area contributed by atoms with Crippen molar-refractivity contribution in [3.05, 3.63) is 15.5 Å². The van der Waals surface area contributed by atoms with E-state index in [9.17, 15) is 0 Å². The molecule has 2 aromatic heterocycles. The molecule has 5 nitrogen and oxygen atoms in total. The summed E-state index contributed by atoms with van der Waals surface area (Å²) in [6.45, 7) is 5.87. The van der Waals surface area contributed by atoms with Gasteiger partial charge in [0.05, 0.1) is 10.6 Å². The van der Waals surface area contributed by atoms with Gasteiger partial charge in [-0.15, -0.1) is 11.3 Å². The van der Waals surface area contributed by atoms with Crippen molar-refractivity contribution < 1.29 is 4.74 Å². The third-order valence-corrected chi connectivity index (χ3v) is 4.98. The maximum Gasteiger partial charge on any atom is 0.195 e. The Hall–Kier alpha value is -1.05. The number of ether oxygens (including phenoxy) is 1. The predicted octanol–water partition coefficient (Wildman–Crippen LogP) is 3.63. The van der Waals surface area contributed by atoms with Gasteiger partial charge in [0.25, 0.3) is 0 Å². The fourth-order valence-corrected chi connectivity index (χ4v) is 3.83. The van der Waals surface area contributed by atoms with Crippen LogP contribution in [0.2, 0.25) is 0 Å². The van der Waals surface area contributed by atoms with Crippen molar-refractivity contribution in [2.24, 2.45) is 0 Å². The monoisotopic (exact) mass is 310 g/mol. The lowest BCUT2D eigenvalue weighted by molar-refractivity contribution is 0.111. The van der Waals surface area contributed by atoms with E-state index < -0.39 is 0 Å². The molecule has 1 saturated heterocycles. The zero-order valence-corrected chi connectivity index (χ0v) is 13.3. The Morgan fingerprint density at radius 3 is 3.10 bits per heavy atom. The molecule has 0 amide bonds. The van der Waals surface area contributed by atoms with Crippen LogP contribution in [-0.4, -0.2) is 26.4 Å². The number of nitrogens with one attached hydrogen (secondary N) is 1. The van der Waals surface area contributed by atoms with Gasteiger partial charge in [-0.05, 0) is 38.4 Å². The zero-order chi connectivity index (χ0) is 14.1. The second-order valence-electron chi connectivity index (χ2n) is 4.97. The van der Waals surface area contributed by atoms with Gasteiger partial charge >= 0.3 is 0 Å². The Balaban J connectivity index is 1.99. The molecule has 0 aliphatic carbocycles. The number of hydrogen-bond acceptors (Lipinski definition) is 5. The maximum atomic E-state index is 5.72. The van der Waals surface area contributed by atoms with E-state index in [1.54, 1.807) is 11.3 Å². The van der Waals surface area contributed by atoms with Gasteiger partial charge in [0.2, 0.25) is 0 Å². The number of aromatic amines is 1. The molecule has 3 heterocycles. The Bertz CT molecular complexity index is 652. The molecule has 0 saturated carbocycles. The third-order valence-electron chi connectivity index (χ3n) is 3.43. The van der Waals surface area contributed by atoms with Gasteiger partial charge in [0.1, 0.15) is 11.1 Å². The van der Waals surface area contributed by atoms with Crippen LogP contribution in [0.25, 0.3) is 10.7 Å². The highest BCUT2D eigenvalue weighted by molar-refractivity contribution is 7.71. The van der Waals surface area contributed by atoms with E-state index in [0.717, 1.165) is 53.8 Å². The van der Waals surface area contributed by atoms with Gasteiger partial charge in [-0.3, -0.25) is 9.67 Å². The summed E-state index contributed by atoms with van der Waals surface area (Å²) >= 11 is 6.98. The molecular formula is C13H18N4OS2. The molecule has 0 aromatic carbocycles. The SMILES string of the molecule is CCCn1c(-c2sc(C3CCCO3)nc2C)n[nH]c1=S. The first-order chi connectivity index (χ1) is 9.70. The molecule has 2 aromatic rings. The number of nitrogens with zero attached hydrogens (tertiary/aromatic N) is 3. The van der Waals surface area contributed by atoms with Crippen molar-refractivity contribution in [1.29, 1.82) is 0 Å². The first kappa shape index (κ1) is 13.9. The Kier molecular flexibility index (Phi) is 4.00. The summed E-state index contributed by atoms with van der Waals surface area (Å²) < 4.78 is 8.44. The van der Waals surface area contributed by atoms with Crippen molar-refractivity contribution in [1.82, 2.24) is 19.7 Å². The molecule has 7 heteroatoms. The summed E-state index contributed by atoms with van der Waals surface area (Å²) in [5, 5.41) is 8.33. The highest BCUT2D eigenvalue weighted by atomic mass is 32.1. The number of rotatable bonds is 4. The van der Waals surface area contributed by atoms with E-state index in [0.29, 0.717) is 4.77 Å². The molecule has 1 unspecified atom stereocenters. The summed E-state index contributed by atoms with van der Waals surface area (Å²) in [6.07, 6.45) is 3.37. The van der Waals surface area contributed by atoms with Crippen LogP contribution >= 0.6 is 23.6 Å². The molecule has 1 atom stereocenters. The lowest BCUT2D eigenvalue weighted by atomic mass is 10.2. The number of hydrogen-bond donors (Lipinski definition) is 1. The van der Waals surface area contributed by atoms with Gasteiger partial charge in [0, 0.05) is 13.2 Å². The second kappa shape index (κ2) is 5.75. The number of H-pyrrole nitrogens is 1. The van der Waals surface area contributed by atoms with Crippen molar-refractivity contribution in [2.75, 3.05) is 6.61 Å². The standard InChI is InChI=1S/C13H18N4OS2/c1-3-6-17-11(15-16-13(17)19)10-8(2)14-12(20-10)9-5-4-7-18-9/h9H,3-7H2,1-2H3,(H,16,19). The first-order valence-corrected chi connectivity index (χ1v) is 8.17. The summed E-state index contributed by atoms with van der Waals surface area (Å²) in [6, 6.07) is 0. The minimum Gasteiger partial charge on any atom is -0.371 e. The van der Waals surface area contributed by atoms with Gasteiger partial charge in [-0.25, -0.2) is 4.98 Å². The van der Waals surface area contributed by atoms with Crippen molar-refractivity contribution >= 4 is 23.6 Å². The van der Waals surface area contributed by atoms with Gasteiger partial charge < -0.3 is 4.74 Å². The van der Waals surface area contributed by atoms with E-state index in [1.165, 1.54) is 0 Å². The highest BCUT2D eigenvalue weighted by Crippen LogP contribution is 2.36. The first-order valence-electron chi connectivity index (χ1n) is 6.95. The van der Waals surface area contributed by atoms with Crippen LogP contribution in [0, 0.1) is 11.7 Å². The van der Waals surface area contributed by atoms with Crippen molar-refractivity contribution in [2.45, 2.75) is 45.8 Å². The summed E-state index contributed by atoms with van der Waals surface area (Å²) in [5.41, 5.74) is 1.01. The van der Waals surface area contributed by atoms with E-state index in [-0.39, 0.29) is 6.10 Å². The van der Waals surface area contributed by atoms with E-state index >= 15 is 0 Å². The van der Waals surface area contributed by atoms with Crippen LogP contribution in [0.1, 0.15) is 43.0 Å². The van der Waals surface area contributed by atoms with Crippen LogP contribution in [0.15, 0.2) is 0 Å². The van der Waals surface area contributed by atoms with Crippen molar-refractivity contribution in [3.63, 3.8) is 0 Å². The molecule has 1 N–H and O–H groups in total. The number of aromatic nitrogens is 4. The predicted molar refractivity (Wildman–Crippen MR) is 81.5 cm³/mol. The van der Waals surface area contributed by atoms with Gasteiger partial charge in [-0.2, -0.15) is 5.10 Å². The molecule has 1 fully saturated rings. The number of aryl methyl sites for hydroxylation is 1. The molecule has 3 rings (SSSR count). The molecule has 0 spiro atoms. The fourth-order valence-electron chi connectivity index (χ4n) is 2.46. The van der Waals surface area contributed by atoms with Crippen LogP contribution in [-0.2, 0) is 11.3 Å². The van der Waals surface area contributed by atoms with E-state index in [1.807, 2.05) is 6.92 Å². The third kappa shape index (κ3) is 2.45. The minimum atomic E-state index is 0.161. The Morgan fingerprint density at radius 1 is 1.55 bits per heavy atom. The molecule has 0 bridgehead atoms. The molecule has 1 aliphatic rings. The molecule has 108 valence electrons. The number of thiazole rings is 1. The summed E-state index contributed by atoms with van der Waals surface area (Å²) in [4.78, 5) is 5.77. The Morgan fingerprint density at radius 2 is 2.40 bits per heavy atom. The maximum absolute atomic E-state index is 5.72. The van der Waals surface area contributed by atoms with Crippen LogP contribution in [0.4, 0.5) is 0 Å². The average Bonchev–Trinajstić information content (AvgIpc) is 3.12. The largest absolute Gasteiger partial charge is 0.371 e. The fraction of sp³-hybridized carbons (Fsp3) is 0.615. The molecular weight excluding hydrogens is 292 g/mol. The summed E-state index contributed by atoms with van der Waals surface area (Å²) in [5.74, 6) is 0.899.